The first-order valence-corrected chi connectivity index (χ1v) is 5.20. The number of hydrogen-bond donors (Lipinski definition) is 3. The van der Waals surface area contributed by atoms with Gasteiger partial charge in [0.05, 0.1) is 18.4 Å². The predicted molar refractivity (Wildman–Crippen MR) is 59.2 cm³/mol. The lowest BCUT2D eigenvalue weighted by Gasteiger charge is -2.24. The summed E-state index contributed by atoms with van der Waals surface area (Å²) in [6.07, 6.45) is 0.179. The second kappa shape index (κ2) is 5.00. The van der Waals surface area contributed by atoms with Crippen LogP contribution in [-0.2, 0) is 4.74 Å². The summed E-state index contributed by atoms with van der Waals surface area (Å²) in [5.74, 6) is 0.279. The number of nitrogens with one attached hydrogen (secondary N) is 2. The van der Waals surface area contributed by atoms with Crippen molar-refractivity contribution in [2.45, 2.75) is 6.10 Å². The number of phenols is 1. The molecule has 0 amide bonds. The summed E-state index contributed by atoms with van der Waals surface area (Å²) in [5, 5.41) is 15.9. The first-order chi connectivity index (χ1) is 7.36. The average molecular weight is 208 g/mol. The van der Waals surface area contributed by atoms with Crippen LogP contribution in [0.3, 0.4) is 0 Å². The number of anilines is 1. The third-order valence-electron chi connectivity index (χ3n) is 2.43. The highest BCUT2D eigenvalue weighted by Gasteiger charge is 2.12. The monoisotopic (exact) mass is 208 g/mol. The minimum Gasteiger partial charge on any atom is -0.506 e. The number of para-hydroxylation sites is 2. The van der Waals surface area contributed by atoms with Crippen LogP contribution in [0, 0.1) is 0 Å². The van der Waals surface area contributed by atoms with Crippen molar-refractivity contribution < 1.29 is 9.84 Å². The van der Waals surface area contributed by atoms with E-state index in [4.69, 9.17) is 4.74 Å². The number of hydrogen-bond acceptors (Lipinski definition) is 4. The summed E-state index contributed by atoms with van der Waals surface area (Å²) >= 11 is 0. The molecule has 2 rings (SSSR count). The van der Waals surface area contributed by atoms with Crippen LogP contribution in [0.2, 0.25) is 0 Å². The van der Waals surface area contributed by atoms with E-state index in [0.29, 0.717) is 6.54 Å². The Bertz CT molecular complexity index is 311. The van der Waals surface area contributed by atoms with Gasteiger partial charge in [0.2, 0.25) is 0 Å². The van der Waals surface area contributed by atoms with Crippen molar-refractivity contribution in [2.24, 2.45) is 0 Å². The van der Waals surface area contributed by atoms with Gasteiger partial charge in [0, 0.05) is 19.6 Å². The van der Waals surface area contributed by atoms with Gasteiger partial charge in [-0.2, -0.15) is 0 Å². The zero-order chi connectivity index (χ0) is 10.5. The van der Waals surface area contributed by atoms with E-state index in [1.165, 1.54) is 0 Å². The van der Waals surface area contributed by atoms with E-state index >= 15 is 0 Å². The van der Waals surface area contributed by atoms with Crippen LogP contribution in [-0.4, -0.2) is 37.5 Å². The smallest absolute Gasteiger partial charge is 0.138 e. The van der Waals surface area contributed by atoms with Gasteiger partial charge >= 0.3 is 0 Å². The van der Waals surface area contributed by atoms with Gasteiger partial charge in [-0.3, -0.25) is 0 Å². The molecule has 15 heavy (non-hydrogen) atoms. The highest BCUT2D eigenvalue weighted by molar-refractivity contribution is 5.55. The molecule has 82 valence electrons. The topological polar surface area (TPSA) is 53.5 Å². The van der Waals surface area contributed by atoms with Crippen LogP contribution in [0.15, 0.2) is 24.3 Å². The van der Waals surface area contributed by atoms with Gasteiger partial charge < -0.3 is 20.5 Å². The summed E-state index contributed by atoms with van der Waals surface area (Å²) in [4.78, 5) is 0. The van der Waals surface area contributed by atoms with Crippen molar-refractivity contribution >= 4 is 5.69 Å². The number of aromatic hydroxyl groups is 1. The molecule has 1 aromatic rings. The first kappa shape index (κ1) is 10.3. The van der Waals surface area contributed by atoms with E-state index in [1.807, 2.05) is 12.1 Å². The lowest BCUT2D eigenvalue weighted by atomic mass is 10.2. The quantitative estimate of drug-likeness (QED) is 0.643. The molecule has 4 nitrogen and oxygen atoms in total. The van der Waals surface area contributed by atoms with Gasteiger partial charge in [-0.1, -0.05) is 12.1 Å². The predicted octanol–water partition coefficient (Wildman–Crippen LogP) is 0.792. The molecule has 1 aliphatic heterocycles. The fourth-order valence-electron chi connectivity index (χ4n) is 1.60. The lowest BCUT2D eigenvalue weighted by Crippen LogP contribution is -2.42. The molecule has 1 fully saturated rings. The molecule has 3 N–H and O–H groups in total. The van der Waals surface area contributed by atoms with Crippen LogP contribution >= 0.6 is 0 Å². The van der Waals surface area contributed by atoms with E-state index in [-0.39, 0.29) is 11.9 Å². The molecule has 0 spiro atoms. The fourth-order valence-corrected chi connectivity index (χ4v) is 1.60. The van der Waals surface area contributed by atoms with E-state index in [1.54, 1.807) is 12.1 Å². The molecule has 1 saturated heterocycles. The zero-order valence-corrected chi connectivity index (χ0v) is 8.57. The van der Waals surface area contributed by atoms with Crippen molar-refractivity contribution in [2.75, 3.05) is 31.6 Å². The SMILES string of the molecule is Oc1ccccc1NCC1CNCCO1. The van der Waals surface area contributed by atoms with Crippen LogP contribution in [0.4, 0.5) is 5.69 Å². The average Bonchev–Trinajstić information content (AvgIpc) is 2.29. The maximum atomic E-state index is 9.52. The summed E-state index contributed by atoms with van der Waals surface area (Å²) in [7, 11) is 0. The molecule has 0 aromatic heterocycles. The standard InChI is InChI=1S/C11H16N2O2/c14-11-4-2-1-3-10(11)13-8-9-7-12-5-6-15-9/h1-4,9,12-14H,5-8H2. The Morgan fingerprint density at radius 1 is 1.47 bits per heavy atom. The lowest BCUT2D eigenvalue weighted by molar-refractivity contribution is 0.0372. The summed E-state index contributed by atoms with van der Waals surface area (Å²) < 4.78 is 5.53. The second-order valence-electron chi connectivity index (χ2n) is 3.59. The number of benzene rings is 1. The van der Waals surface area contributed by atoms with E-state index in [2.05, 4.69) is 10.6 Å². The van der Waals surface area contributed by atoms with Gasteiger partial charge in [0.25, 0.3) is 0 Å². The summed E-state index contributed by atoms with van der Waals surface area (Å²) in [5.41, 5.74) is 0.756. The number of rotatable bonds is 3. The zero-order valence-electron chi connectivity index (χ0n) is 8.57. The molecule has 1 heterocycles. The molecule has 1 aliphatic rings. The molecule has 1 unspecified atom stereocenters. The maximum absolute atomic E-state index is 9.52. The van der Waals surface area contributed by atoms with Crippen LogP contribution < -0.4 is 10.6 Å². The van der Waals surface area contributed by atoms with Gasteiger partial charge in [0.1, 0.15) is 5.75 Å². The Morgan fingerprint density at radius 2 is 2.33 bits per heavy atom. The minimum atomic E-state index is 0.179. The van der Waals surface area contributed by atoms with Gasteiger partial charge in [-0.25, -0.2) is 0 Å². The molecule has 1 aromatic carbocycles. The molecule has 1 atom stereocenters. The Labute approximate surface area is 89.3 Å². The van der Waals surface area contributed by atoms with E-state index < -0.39 is 0 Å². The van der Waals surface area contributed by atoms with E-state index in [0.717, 1.165) is 25.4 Å². The van der Waals surface area contributed by atoms with Gasteiger partial charge in [0.15, 0.2) is 0 Å². The number of ether oxygens (including phenoxy) is 1. The van der Waals surface area contributed by atoms with Crippen molar-refractivity contribution in [1.29, 1.82) is 0 Å². The Kier molecular flexibility index (Phi) is 3.42. The highest BCUT2D eigenvalue weighted by atomic mass is 16.5. The molecule has 0 saturated carbocycles. The molecule has 0 bridgehead atoms. The third kappa shape index (κ3) is 2.84. The normalized spacial score (nSPS) is 21.2. The van der Waals surface area contributed by atoms with Crippen molar-refractivity contribution in [3.05, 3.63) is 24.3 Å². The molecule has 4 heteroatoms. The molecule has 0 radical (unpaired) electrons. The van der Waals surface area contributed by atoms with Crippen LogP contribution in [0.1, 0.15) is 0 Å². The van der Waals surface area contributed by atoms with Crippen molar-refractivity contribution in [3.63, 3.8) is 0 Å². The number of morpholine rings is 1. The minimum absolute atomic E-state index is 0.179. The Hall–Kier alpha value is -1.26. The third-order valence-corrected chi connectivity index (χ3v) is 2.43. The first-order valence-electron chi connectivity index (χ1n) is 5.20. The summed E-state index contributed by atoms with van der Waals surface area (Å²) in [6.45, 7) is 3.26. The second-order valence-corrected chi connectivity index (χ2v) is 3.59. The summed E-state index contributed by atoms with van der Waals surface area (Å²) in [6, 6.07) is 7.22. The van der Waals surface area contributed by atoms with Crippen LogP contribution in [0.5, 0.6) is 5.75 Å². The van der Waals surface area contributed by atoms with Crippen molar-refractivity contribution in [1.82, 2.24) is 5.32 Å². The fraction of sp³-hybridized carbons (Fsp3) is 0.455. The van der Waals surface area contributed by atoms with Gasteiger partial charge in [-0.05, 0) is 12.1 Å². The van der Waals surface area contributed by atoms with Gasteiger partial charge in [-0.15, -0.1) is 0 Å². The van der Waals surface area contributed by atoms with Crippen LogP contribution in [0.25, 0.3) is 0 Å². The maximum Gasteiger partial charge on any atom is 0.138 e. The van der Waals surface area contributed by atoms with Crippen molar-refractivity contribution in [3.8, 4) is 5.75 Å². The highest BCUT2D eigenvalue weighted by Crippen LogP contribution is 2.21. The molecular formula is C11H16N2O2. The number of phenolic OH excluding ortho intramolecular Hbond substituents is 1. The Balaban J connectivity index is 1.84. The molecule has 0 aliphatic carbocycles. The van der Waals surface area contributed by atoms with E-state index in [9.17, 15) is 5.11 Å². The largest absolute Gasteiger partial charge is 0.506 e. The Morgan fingerprint density at radius 3 is 3.07 bits per heavy atom. The molecular weight excluding hydrogens is 192 g/mol.